The van der Waals surface area contributed by atoms with Gasteiger partial charge in [0, 0.05) is 28.9 Å². The third kappa shape index (κ3) is 5.10. The number of likely N-dealkylation sites (tertiary alicyclic amines) is 1. The quantitative estimate of drug-likeness (QED) is 0.848. The first-order chi connectivity index (χ1) is 10.6. The summed E-state index contributed by atoms with van der Waals surface area (Å²) in [5, 5.41) is 3.08. The molecule has 1 N–H and O–H groups in total. The van der Waals surface area contributed by atoms with Crippen LogP contribution in [0, 0.1) is 0 Å². The van der Waals surface area contributed by atoms with Crippen LogP contribution in [0.1, 0.15) is 18.4 Å². The van der Waals surface area contributed by atoms with Gasteiger partial charge in [0.25, 0.3) is 0 Å². The largest absolute Gasteiger partial charge is 0.346 e. The number of halogens is 1. The van der Waals surface area contributed by atoms with Crippen LogP contribution >= 0.6 is 11.6 Å². The van der Waals surface area contributed by atoms with Crippen molar-refractivity contribution in [3.05, 3.63) is 34.9 Å². The summed E-state index contributed by atoms with van der Waals surface area (Å²) < 4.78 is 12.0. The Kier molecular flexibility index (Phi) is 6.39. The molecular weight excluding hydrogens is 324 g/mol. The zero-order valence-corrected chi connectivity index (χ0v) is 13.8. The maximum absolute atomic E-state index is 12.0. The summed E-state index contributed by atoms with van der Waals surface area (Å²) in [7, 11) is -1.35. The molecule has 0 bridgehead atoms. The van der Waals surface area contributed by atoms with Gasteiger partial charge in [0.05, 0.1) is 12.3 Å². The van der Waals surface area contributed by atoms with Crippen LogP contribution in [0.3, 0.4) is 0 Å². The molecule has 1 aliphatic rings. The van der Waals surface area contributed by atoms with Gasteiger partial charge >= 0.3 is 0 Å². The predicted octanol–water partition coefficient (Wildman–Crippen LogP) is 1.33. The van der Waals surface area contributed by atoms with E-state index >= 15 is 0 Å². The average Bonchev–Trinajstić information content (AvgIpc) is 3.01. The molecule has 0 unspecified atom stereocenters. The fourth-order valence-electron chi connectivity index (χ4n) is 2.29. The maximum Gasteiger partial charge on any atom is 0.241 e. The van der Waals surface area contributed by atoms with Crippen LogP contribution in [0.2, 0.25) is 5.02 Å². The summed E-state index contributed by atoms with van der Waals surface area (Å²) in [6.07, 6.45) is 2.03. The fraction of sp³-hybridized carbons (Fsp3) is 0.467. The Morgan fingerprint density at radius 1 is 1.23 bits per heavy atom. The van der Waals surface area contributed by atoms with E-state index in [1.54, 1.807) is 23.1 Å². The first-order valence-electron chi connectivity index (χ1n) is 7.19. The topological polar surface area (TPSA) is 66.5 Å². The molecule has 1 aromatic rings. The third-order valence-electron chi connectivity index (χ3n) is 3.46. The minimum absolute atomic E-state index is 0.0257. The molecule has 2 amide bonds. The highest BCUT2D eigenvalue weighted by Gasteiger charge is 2.18. The minimum Gasteiger partial charge on any atom is -0.346 e. The summed E-state index contributed by atoms with van der Waals surface area (Å²) in [6.45, 7) is 1.49. The van der Waals surface area contributed by atoms with E-state index in [0.29, 0.717) is 5.02 Å². The number of nitrogens with zero attached hydrogens (tertiary/aromatic N) is 1. The van der Waals surface area contributed by atoms with Crippen molar-refractivity contribution in [2.24, 2.45) is 0 Å². The van der Waals surface area contributed by atoms with Gasteiger partial charge in [0.2, 0.25) is 11.8 Å². The van der Waals surface area contributed by atoms with E-state index in [2.05, 4.69) is 5.32 Å². The lowest BCUT2D eigenvalue weighted by Crippen LogP contribution is -2.40. The molecule has 1 aliphatic heterocycles. The van der Waals surface area contributed by atoms with E-state index in [1.807, 2.05) is 6.07 Å². The first-order valence-corrected chi connectivity index (χ1v) is 9.05. The Bertz CT molecular complexity index is 574. The molecule has 0 aromatic heterocycles. The van der Waals surface area contributed by atoms with Crippen LogP contribution in [0.5, 0.6) is 0 Å². The smallest absolute Gasteiger partial charge is 0.241 e. The van der Waals surface area contributed by atoms with E-state index in [9.17, 15) is 13.8 Å². The zero-order chi connectivity index (χ0) is 15.9. The highest BCUT2D eigenvalue weighted by molar-refractivity contribution is 7.84. The van der Waals surface area contributed by atoms with E-state index in [0.717, 1.165) is 31.5 Å². The monoisotopic (exact) mass is 342 g/mol. The van der Waals surface area contributed by atoms with E-state index in [1.165, 1.54) is 0 Å². The Balaban J connectivity index is 1.73. The summed E-state index contributed by atoms with van der Waals surface area (Å²) >= 11 is 6.00. The van der Waals surface area contributed by atoms with Crippen molar-refractivity contribution in [2.45, 2.75) is 18.6 Å². The molecule has 22 heavy (non-hydrogen) atoms. The summed E-state index contributed by atoms with van der Waals surface area (Å²) in [4.78, 5) is 25.3. The van der Waals surface area contributed by atoms with E-state index < -0.39 is 10.8 Å². The Morgan fingerprint density at radius 3 is 2.59 bits per heavy atom. The van der Waals surface area contributed by atoms with Gasteiger partial charge in [0.1, 0.15) is 5.75 Å². The molecule has 2 rings (SSSR count). The standard InChI is InChI=1S/C15H19ClN2O3S/c16-13-6-2-1-5-12(13)10-22(21)11-14(19)17-9-15(20)18-7-3-4-8-18/h1-2,5-6H,3-4,7-11H2,(H,17,19)/t22-/m0/s1. The number of benzene rings is 1. The van der Waals surface area contributed by atoms with Crippen molar-refractivity contribution in [3.8, 4) is 0 Å². The lowest BCUT2D eigenvalue weighted by molar-refractivity contribution is -0.131. The average molecular weight is 343 g/mol. The number of carbonyl (C=O) groups is 2. The lowest BCUT2D eigenvalue weighted by atomic mass is 10.2. The van der Waals surface area contributed by atoms with Crippen molar-refractivity contribution in [2.75, 3.05) is 25.4 Å². The normalized spacial score (nSPS) is 15.6. The van der Waals surface area contributed by atoms with Gasteiger partial charge in [-0.25, -0.2) is 0 Å². The summed E-state index contributed by atoms with van der Waals surface area (Å²) in [5.41, 5.74) is 0.753. The van der Waals surface area contributed by atoms with Crippen LogP contribution in [0.25, 0.3) is 0 Å². The molecule has 1 aromatic carbocycles. The van der Waals surface area contributed by atoms with Crippen molar-refractivity contribution in [1.82, 2.24) is 10.2 Å². The second-order valence-electron chi connectivity index (χ2n) is 5.18. The Labute approximate surface area is 137 Å². The van der Waals surface area contributed by atoms with Crippen molar-refractivity contribution >= 4 is 34.2 Å². The van der Waals surface area contributed by atoms with Gasteiger partial charge < -0.3 is 10.2 Å². The number of amides is 2. The van der Waals surface area contributed by atoms with Gasteiger partial charge in [-0.15, -0.1) is 0 Å². The number of carbonyl (C=O) groups excluding carboxylic acids is 2. The molecule has 0 radical (unpaired) electrons. The van der Waals surface area contributed by atoms with Gasteiger partial charge in [-0.2, -0.15) is 0 Å². The predicted molar refractivity (Wildman–Crippen MR) is 87.0 cm³/mol. The fourth-order valence-corrected chi connectivity index (χ4v) is 3.67. The minimum atomic E-state index is -1.35. The van der Waals surface area contributed by atoms with Crippen molar-refractivity contribution in [3.63, 3.8) is 0 Å². The van der Waals surface area contributed by atoms with Crippen molar-refractivity contribution < 1.29 is 13.8 Å². The third-order valence-corrected chi connectivity index (χ3v) is 5.05. The highest BCUT2D eigenvalue weighted by Crippen LogP contribution is 2.16. The van der Waals surface area contributed by atoms with Crippen LogP contribution in [-0.4, -0.2) is 46.3 Å². The summed E-state index contributed by atoms with van der Waals surface area (Å²) in [5.74, 6) is -0.355. The Morgan fingerprint density at radius 2 is 1.91 bits per heavy atom. The molecule has 1 fully saturated rings. The molecule has 0 saturated carbocycles. The molecule has 1 atom stereocenters. The van der Waals surface area contributed by atoms with Crippen LogP contribution in [0.15, 0.2) is 24.3 Å². The number of hydrogen-bond acceptors (Lipinski definition) is 3. The second kappa shape index (κ2) is 8.29. The summed E-state index contributed by atoms with van der Waals surface area (Å²) in [6, 6.07) is 7.12. The van der Waals surface area contributed by atoms with Crippen LogP contribution in [-0.2, 0) is 26.1 Å². The highest BCUT2D eigenvalue weighted by atomic mass is 35.5. The van der Waals surface area contributed by atoms with Crippen LogP contribution < -0.4 is 5.32 Å². The number of nitrogens with one attached hydrogen (secondary N) is 1. The van der Waals surface area contributed by atoms with Crippen molar-refractivity contribution in [1.29, 1.82) is 0 Å². The maximum atomic E-state index is 12.0. The molecular formula is C15H19ClN2O3S. The van der Waals surface area contributed by atoms with Gasteiger partial charge in [0.15, 0.2) is 0 Å². The zero-order valence-electron chi connectivity index (χ0n) is 12.2. The molecule has 0 aliphatic carbocycles. The molecule has 0 spiro atoms. The van der Waals surface area contributed by atoms with Crippen LogP contribution in [0.4, 0.5) is 0 Å². The number of rotatable bonds is 6. The molecule has 7 heteroatoms. The molecule has 5 nitrogen and oxygen atoms in total. The lowest BCUT2D eigenvalue weighted by Gasteiger charge is -2.15. The molecule has 1 saturated heterocycles. The van der Waals surface area contributed by atoms with Gasteiger partial charge in [-0.3, -0.25) is 13.8 Å². The Hall–Kier alpha value is -1.40. The molecule has 120 valence electrons. The van der Waals surface area contributed by atoms with Gasteiger partial charge in [-0.1, -0.05) is 29.8 Å². The van der Waals surface area contributed by atoms with E-state index in [-0.39, 0.29) is 29.9 Å². The SMILES string of the molecule is O=C(C[S@@](=O)Cc1ccccc1Cl)NCC(=O)N1CCCC1. The molecule has 1 heterocycles. The van der Waals surface area contributed by atoms with E-state index in [4.69, 9.17) is 11.6 Å². The number of hydrogen-bond donors (Lipinski definition) is 1. The van der Waals surface area contributed by atoms with Gasteiger partial charge in [-0.05, 0) is 24.5 Å². The second-order valence-corrected chi connectivity index (χ2v) is 7.05. The first kappa shape index (κ1) is 17.0.